The van der Waals surface area contributed by atoms with E-state index in [2.05, 4.69) is 20.6 Å². The van der Waals surface area contributed by atoms with Gasteiger partial charge in [-0.05, 0) is 12.1 Å². The molecule has 0 atom stereocenters. The summed E-state index contributed by atoms with van der Waals surface area (Å²) in [5, 5.41) is 6.29. The summed E-state index contributed by atoms with van der Waals surface area (Å²) >= 11 is 0. The molecular formula is C18H18N4O. The lowest BCUT2D eigenvalue weighted by Crippen LogP contribution is -2.02. The van der Waals surface area contributed by atoms with E-state index in [1.54, 1.807) is 14.2 Å². The van der Waals surface area contributed by atoms with Crippen LogP contribution in [0.25, 0.3) is 11.3 Å². The van der Waals surface area contributed by atoms with E-state index >= 15 is 0 Å². The van der Waals surface area contributed by atoms with Gasteiger partial charge in [0.05, 0.1) is 18.5 Å². The molecule has 0 saturated heterocycles. The van der Waals surface area contributed by atoms with E-state index in [0.29, 0.717) is 11.8 Å². The third-order valence-electron chi connectivity index (χ3n) is 3.39. The van der Waals surface area contributed by atoms with Gasteiger partial charge in [0.25, 0.3) is 0 Å². The molecule has 0 radical (unpaired) electrons. The van der Waals surface area contributed by atoms with Crippen LogP contribution in [0.2, 0.25) is 0 Å². The van der Waals surface area contributed by atoms with E-state index in [-0.39, 0.29) is 0 Å². The molecule has 1 heterocycles. The normalized spacial score (nSPS) is 10.2. The molecule has 2 aromatic carbocycles. The Balaban J connectivity index is 1.99. The van der Waals surface area contributed by atoms with E-state index in [4.69, 9.17) is 4.74 Å². The molecule has 0 saturated carbocycles. The summed E-state index contributed by atoms with van der Waals surface area (Å²) in [4.78, 5) is 8.97. The molecule has 1 aromatic heterocycles. The van der Waals surface area contributed by atoms with Crippen molar-refractivity contribution in [1.29, 1.82) is 0 Å². The number of para-hydroxylation sites is 2. The summed E-state index contributed by atoms with van der Waals surface area (Å²) in [5.74, 6) is 2.02. The third kappa shape index (κ3) is 3.40. The second-order valence-electron chi connectivity index (χ2n) is 4.90. The number of aromatic nitrogens is 2. The number of rotatable bonds is 5. The van der Waals surface area contributed by atoms with E-state index in [9.17, 15) is 0 Å². The van der Waals surface area contributed by atoms with Gasteiger partial charge in [-0.2, -0.15) is 4.98 Å². The largest absolute Gasteiger partial charge is 0.495 e. The molecule has 0 aliphatic carbocycles. The summed E-state index contributed by atoms with van der Waals surface area (Å²) in [6.45, 7) is 0. The van der Waals surface area contributed by atoms with E-state index < -0.39 is 0 Å². The summed E-state index contributed by atoms with van der Waals surface area (Å²) < 4.78 is 5.37. The van der Waals surface area contributed by atoms with Gasteiger partial charge in [-0.3, -0.25) is 0 Å². The topological polar surface area (TPSA) is 59.1 Å². The quantitative estimate of drug-likeness (QED) is 0.747. The van der Waals surface area contributed by atoms with Crippen molar-refractivity contribution in [2.24, 2.45) is 0 Å². The van der Waals surface area contributed by atoms with Crippen molar-refractivity contribution in [3.05, 3.63) is 60.7 Å². The van der Waals surface area contributed by atoms with Gasteiger partial charge in [-0.15, -0.1) is 0 Å². The van der Waals surface area contributed by atoms with Gasteiger partial charge >= 0.3 is 0 Å². The number of nitrogens with one attached hydrogen (secondary N) is 2. The highest BCUT2D eigenvalue weighted by Gasteiger charge is 2.08. The van der Waals surface area contributed by atoms with Crippen LogP contribution in [0.1, 0.15) is 0 Å². The maximum Gasteiger partial charge on any atom is 0.224 e. The monoisotopic (exact) mass is 306 g/mol. The van der Waals surface area contributed by atoms with Crippen LogP contribution in [0, 0.1) is 0 Å². The molecular weight excluding hydrogens is 288 g/mol. The SMILES string of the molecule is CNc1nc(Nc2ccccc2OC)cc(-c2ccccc2)n1. The highest BCUT2D eigenvalue weighted by Crippen LogP contribution is 2.28. The number of nitrogens with zero attached hydrogens (tertiary/aromatic N) is 2. The molecule has 5 heteroatoms. The van der Waals surface area contributed by atoms with Crippen molar-refractivity contribution in [2.45, 2.75) is 0 Å². The molecule has 3 rings (SSSR count). The Labute approximate surface area is 135 Å². The van der Waals surface area contributed by atoms with Crippen LogP contribution in [0.4, 0.5) is 17.5 Å². The smallest absolute Gasteiger partial charge is 0.224 e. The summed E-state index contributed by atoms with van der Waals surface area (Å²) in [6, 6.07) is 19.7. The molecule has 2 N–H and O–H groups in total. The fourth-order valence-corrected chi connectivity index (χ4v) is 2.27. The van der Waals surface area contributed by atoms with Crippen LogP contribution in [0.5, 0.6) is 5.75 Å². The van der Waals surface area contributed by atoms with Crippen LogP contribution in [0.3, 0.4) is 0 Å². The van der Waals surface area contributed by atoms with Crippen molar-refractivity contribution < 1.29 is 4.74 Å². The van der Waals surface area contributed by atoms with Crippen LogP contribution in [-0.4, -0.2) is 24.1 Å². The highest BCUT2D eigenvalue weighted by molar-refractivity contribution is 5.69. The zero-order valence-corrected chi connectivity index (χ0v) is 13.1. The van der Waals surface area contributed by atoms with Gasteiger partial charge < -0.3 is 15.4 Å². The number of anilines is 3. The van der Waals surface area contributed by atoms with Crippen LogP contribution in [-0.2, 0) is 0 Å². The minimum absolute atomic E-state index is 0.559. The first kappa shape index (κ1) is 14.8. The first-order chi connectivity index (χ1) is 11.3. The van der Waals surface area contributed by atoms with Crippen LogP contribution in [0.15, 0.2) is 60.7 Å². The molecule has 5 nitrogen and oxygen atoms in total. The number of hydrogen-bond donors (Lipinski definition) is 2. The van der Waals surface area contributed by atoms with Gasteiger partial charge in [-0.25, -0.2) is 4.98 Å². The van der Waals surface area contributed by atoms with E-state index in [1.807, 2.05) is 60.7 Å². The molecule has 0 aliphatic rings. The maximum atomic E-state index is 5.37. The Morgan fingerprint density at radius 3 is 2.39 bits per heavy atom. The van der Waals surface area contributed by atoms with Gasteiger partial charge in [0.2, 0.25) is 5.95 Å². The summed E-state index contributed by atoms with van der Waals surface area (Å²) in [7, 11) is 3.45. The minimum Gasteiger partial charge on any atom is -0.495 e. The lowest BCUT2D eigenvalue weighted by Gasteiger charge is -2.12. The fourth-order valence-electron chi connectivity index (χ4n) is 2.27. The predicted molar refractivity (Wildman–Crippen MR) is 93.3 cm³/mol. The second kappa shape index (κ2) is 6.79. The first-order valence-corrected chi connectivity index (χ1v) is 7.32. The number of benzene rings is 2. The van der Waals surface area contributed by atoms with Crippen LogP contribution >= 0.6 is 0 Å². The Morgan fingerprint density at radius 1 is 0.913 bits per heavy atom. The van der Waals surface area contributed by atoms with E-state index in [1.165, 1.54) is 0 Å². The Bertz CT molecular complexity index is 790. The Morgan fingerprint density at radius 2 is 1.65 bits per heavy atom. The van der Waals surface area contributed by atoms with Gasteiger partial charge in [0.1, 0.15) is 11.6 Å². The van der Waals surface area contributed by atoms with Crippen molar-refractivity contribution in [3.8, 4) is 17.0 Å². The first-order valence-electron chi connectivity index (χ1n) is 7.32. The molecule has 116 valence electrons. The minimum atomic E-state index is 0.559. The molecule has 0 spiro atoms. The molecule has 3 aromatic rings. The molecule has 0 fully saturated rings. The van der Waals surface area contributed by atoms with Crippen molar-refractivity contribution in [2.75, 3.05) is 24.8 Å². The van der Waals surface area contributed by atoms with Crippen LogP contribution < -0.4 is 15.4 Å². The zero-order valence-electron chi connectivity index (χ0n) is 13.1. The molecule has 0 bridgehead atoms. The standard InChI is InChI=1S/C18H18N4O/c1-19-18-21-15(13-8-4-3-5-9-13)12-17(22-18)20-14-10-6-7-11-16(14)23-2/h3-12H,1-2H3,(H2,19,20,21,22). The van der Waals surface area contributed by atoms with Gasteiger partial charge in [0.15, 0.2) is 0 Å². The van der Waals surface area contributed by atoms with Crippen molar-refractivity contribution in [1.82, 2.24) is 9.97 Å². The third-order valence-corrected chi connectivity index (χ3v) is 3.39. The van der Waals surface area contributed by atoms with E-state index in [0.717, 1.165) is 22.7 Å². The molecule has 0 amide bonds. The fraction of sp³-hybridized carbons (Fsp3) is 0.111. The maximum absolute atomic E-state index is 5.37. The Hall–Kier alpha value is -3.08. The zero-order chi connectivity index (χ0) is 16.1. The average Bonchev–Trinajstić information content (AvgIpc) is 2.62. The number of hydrogen-bond acceptors (Lipinski definition) is 5. The summed E-state index contributed by atoms with van der Waals surface area (Å²) in [6.07, 6.45) is 0. The average molecular weight is 306 g/mol. The Kier molecular flexibility index (Phi) is 4.38. The van der Waals surface area contributed by atoms with Crippen molar-refractivity contribution in [3.63, 3.8) is 0 Å². The highest BCUT2D eigenvalue weighted by atomic mass is 16.5. The molecule has 0 aliphatic heterocycles. The molecule has 0 unspecified atom stereocenters. The predicted octanol–water partition coefficient (Wildman–Crippen LogP) is 3.94. The number of ether oxygens (including phenoxy) is 1. The second-order valence-corrected chi connectivity index (χ2v) is 4.90. The summed E-state index contributed by atoms with van der Waals surface area (Å²) in [5.41, 5.74) is 2.74. The van der Waals surface area contributed by atoms with Gasteiger partial charge in [-0.1, -0.05) is 42.5 Å². The van der Waals surface area contributed by atoms with Crippen molar-refractivity contribution >= 4 is 17.5 Å². The number of methoxy groups -OCH3 is 1. The lowest BCUT2D eigenvalue weighted by atomic mass is 10.1. The van der Waals surface area contributed by atoms with Gasteiger partial charge in [0, 0.05) is 18.7 Å². The lowest BCUT2D eigenvalue weighted by molar-refractivity contribution is 0.417. The molecule has 23 heavy (non-hydrogen) atoms.